The topological polar surface area (TPSA) is 99.2 Å². The van der Waals surface area contributed by atoms with E-state index in [2.05, 4.69) is 31.5 Å². The Labute approximate surface area is 179 Å². The number of aromatic nitrogens is 4. The second-order valence-corrected chi connectivity index (χ2v) is 8.55. The summed E-state index contributed by atoms with van der Waals surface area (Å²) >= 11 is 6.64. The van der Waals surface area contributed by atoms with Crippen LogP contribution in [0.1, 0.15) is 30.0 Å². The van der Waals surface area contributed by atoms with Gasteiger partial charge >= 0.3 is 0 Å². The highest BCUT2D eigenvalue weighted by Crippen LogP contribution is 2.36. The first-order chi connectivity index (χ1) is 14.6. The maximum atomic E-state index is 10.1. The molecule has 0 radical (unpaired) electrons. The zero-order chi connectivity index (χ0) is 20.7. The van der Waals surface area contributed by atoms with Gasteiger partial charge in [0.1, 0.15) is 0 Å². The van der Waals surface area contributed by atoms with Crippen molar-refractivity contribution in [3.05, 3.63) is 40.8 Å². The van der Waals surface area contributed by atoms with Crippen LogP contribution in [0.25, 0.3) is 10.9 Å². The molecule has 30 heavy (non-hydrogen) atoms. The third kappa shape index (κ3) is 3.76. The van der Waals surface area contributed by atoms with Crippen molar-refractivity contribution in [2.45, 2.75) is 37.8 Å². The number of aromatic amines is 1. The van der Waals surface area contributed by atoms with Crippen molar-refractivity contribution in [2.24, 2.45) is 0 Å². The van der Waals surface area contributed by atoms with Gasteiger partial charge in [0.2, 0.25) is 5.95 Å². The molecule has 2 aromatic heterocycles. The summed E-state index contributed by atoms with van der Waals surface area (Å²) in [6.07, 6.45) is 5.13. The highest BCUT2D eigenvalue weighted by atomic mass is 35.5. The van der Waals surface area contributed by atoms with Crippen LogP contribution in [0.5, 0.6) is 0 Å². The van der Waals surface area contributed by atoms with Gasteiger partial charge in [-0.05, 0) is 56.5 Å². The van der Waals surface area contributed by atoms with Crippen molar-refractivity contribution in [3.8, 4) is 0 Å². The molecule has 2 aliphatic heterocycles. The number of ether oxygens (including phenoxy) is 1. The third-order valence-corrected chi connectivity index (χ3v) is 6.56. The summed E-state index contributed by atoms with van der Waals surface area (Å²) in [5, 5.41) is 21.9. The van der Waals surface area contributed by atoms with Gasteiger partial charge in [0.15, 0.2) is 0 Å². The molecule has 158 valence electrons. The smallest absolute Gasteiger partial charge is 0.227 e. The van der Waals surface area contributed by atoms with Gasteiger partial charge in [0, 0.05) is 16.6 Å². The number of aryl methyl sites for hydroxylation is 1. The average molecular weight is 429 g/mol. The van der Waals surface area contributed by atoms with E-state index in [0.29, 0.717) is 25.1 Å². The van der Waals surface area contributed by atoms with Crippen LogP contribution in [0.3, 0.4) is 0 Å². The van der Waals surface area contributed by atoms with Crippen molar-refractivity contribution >= 4 is 34.1 Å². The first-order valence-corrected chi connectivity index (χ1v) is 10.7. The van der Waals surface area contributed by atoms with Crippen LogP contribution in [-0.4, -0.2) is 68.6 Å². The van der Waals surface area contributed by atoms with E-state index in [1.165, 1.54) is 0 Å². The lowest BCUT2D eigenvalue weighted by atomic mass is 9.88. The van der Waals surface area contributed by atoms with Gasteiger partial charge in [-0.1, -0.05) is 11.6 Å². The second kappa shape index (κ2) is 8.11. The van der Waals surface area contributed by atoms with Crippen LogP contribution in [0, 0.1) is 6.92 Å². The van der Waals surface area contributed by atoms with Crippen molar-refractivity contribution in [1.82, 2.24) is 25.1 Å². The summed E-state index contributed by atoms with van der Waals surface area (Å²) in [6.45, 7) is 4.86. The van der Waals surface area contributed by atoms with Gasteiger partial charge in [0.25, 0.3) is 0 Å². The van der Waals surface area contributed by atoms with E-state index >= 15 is 0 Å². The Morgan fingerprint density at radius 2 is 2.07 bits per heavy atom. The van der Waals surface area contributed by atoms with Crippen LogP contribution in [0.15, 0.2) is 24.5 Å². The molecule has 0 unspecified atom stereocenters. The molecule has 2 atom stereocenters. The number of halogens is 1. The summed E-state index contributed by atoms with van der Waals surface area (Å²) in [5.41, 5.74) is 3.79. The number of H-pyrrole nitrogens is 1. The number of piperidine rings is 1. The first kappa shape index (κ1) is 19.7. The lowest BCUT2D eigenvalue weighted by Crippen LogP contribution is -2.46. The minimum absolute atomic E-state index is 0.116. The van der Waals surface area contributed by atoms with E-state index in [9.17, 15) is 5.11 Å². The molecule has 0 spiro atoms. The predicted octanol–water partition coefficient (Wildman–Crippen LogP) is 3.00. The molecule has 2 aliphatic rings. The van der Waals surface area contributed by atoms with Crippen molar-refractivity contribution in [3.63, 3.8) is 0 Å². The Bertz CT molecular complexity index is 1050. The quantitative estimate of drug-likeness (QED) is 0.587. The largest absolute Gasteiger partial charge is 0.389 e. The number of fused-ring (bicyclic) bond motifs is 1. The van der Waals surface area contributed by atoms with E-state index in [1.54, 1.807) is 12.4 Å². The standard InChI is InChI=1S/C21H25ClN6O2/c1-12-18(9-24-27-12)26-21-23-8-14-6-16(22)15(7-17(14)25-21)13-2-4-28(5-3-13)19-10-30-11-20(19)29/h6-9,13,19-20,29H,2-5,10-11H2,1H3,(H,24,27)(H,23,25,26)/t19-,20+/m0/s1. The fourth-order valence-electron chi connectivity index (χ4n) is 4.46. The lowest BCUT2D eigenvalue weighted by molar-refractivity contribution is 0.0663. The van der Waals surface area contributed by atoms with Gasteiger partial charge in [-0.2, -0.15) is 5.10 Å². The number of hydrogen-bond donors (Lipinski definition) is 3. The molecule has 0 aliphatic carbocycles. The Morgan fingerprint density at radius 3 is 2.77 bits per heavy atom. The van der Waals surface area contributed by atoms with Crippen LogP contribution < -0.4 is 5.32 Å². The van der Waals surface area contributed by atoms with Crippen molar-refractivity contribution in [1.29, 1.82) is 0 Å². The van der Waals surface area contributed by atoms with Crippen LogP contribution in [0.2, 0.25) is 5.02 Å². The van der Waals surface area contributed by atoms with Crippen LogP contribution >= 0.6 is 11.6 Å². The molecular weight excluding hydrogens is 404 g/mol. The first-order valence-electron chi connectivity index (χ1n) is 10.3. The number of likely N-dealkylation sites (tertiary alicyclic amines) is 1. The van der Waals surface area contributed by atoms with E-state index in [4.69, 9.17) is 21.3 Å². The second-order valence-electron chi connectivity index (χ2n) is 8.14. The molecule has 1 aromatic carbocycles. The monoisotopic (exact) mass is 428 g/mol. The van der Waals surface area contributed by atoms with Gasteiger partial charge in [-0.3, -0.25) is 10.00 Å². The highest BCUT2D eigenvalue weighted by molar-refractivity contribution is 6.32. The van der Waals surface area contributed by atoms with Crippen molar-refractivity contribution < 1.29 is 9.84 Å². The fraction of sp³-hybridized carbons (Fsp3) is 0.476. The number of hydrogen-bond acceptors (Lipinski definition) is 7. The summed E-state index contributed by atoms with van der Waals surface area (Å²) in [4.78, 5) is 11.4. The molecule has 9 heteroatoms. The maximum absolute atomic E-state index is 10.1. The summed E-state index contributed by atoms with van der Waals surface area (Å²) in [7, 11) is 0. The van der Waals surface area contributed by atoms with E-state index in [0.717, 1.165) is 58.8 Å². The van der Waals surface area contributed by atoms with E-state index < -0.39 is 0 Å². The van der Waals surface area contributed by atoms with Crippen molar-refractivity contribution in [2.75, 3.05) is 31.6 Å². The normalized spacial score (nSPS) is 23.3. The number of rotatable bonds is 4. The molecule has 0 saturated carbocycles. The Kier molecular flexibility index (Phi) is 5.32. The van der Waals surface area contributed by atoms with E-state index in [-0.39, 0.29) is 12.1 Å². The maximum Gasteiger partial charge on any atom is 0.227 e. The van der Waals surface area contributed by atoms with Crippen LogP contribution in [-0.2, 0) is 4.74 Å². The zero-order valence-corrected chi connectivity index (χ0v) is 17.6. The zero-order valence-electron chi connectivity index (χ0n) is 16.8. The Morgan fingerprint density at radius 1 is 1.23 bits per heavy atom. The molecule has 8 nitrogen and oxygen atoms in total. The molecule has 2 saturated heterocycles. The molecule has 3 N–H and O–H groups in total. The minimum Gasteiger partial charge on any atom is -0.389 e. The number of anilines is 2. The number of nitrogens with one attached hydrogen (secondary N) is 2. The highest BCUT2D eigenvalue weighted by Gasteiger charge is 2.34. The number of nitrogens with zero attached hydrogens (tertiary/aromatic N) is 4. The molecule has 4 heterocycles. The Hall–Kier alpha value is -2.26. The molecule has 3 aromatic rings. The summed E-state index contributed by atoms with van der Waals surface area (Å²) < 4.78 is 5.42. The summed E-state index contributed by atoms with van der Waals surface area (Å²) in [5.74, 6) is 0.908. The molecule has 0 bridgehead atoms. The summed E-state index contributed by atoms with van der Waals surface area (Å²) in [6, 6.07) is 4.17. The number of aliphatic hydroxyl groups is 1. The van der Waals surface area contributed by atoms with Gasteiger partial charge < -0.3 is 15.2 Å². The van der Waals surface area contributed by atoms with Gasteiger partial charge in [-0.25, -0.2) is 9.97 Å². The lowest BCUT2D eigenvalue weighted by Gasteiger charge is -2.36. The van der Waals surface area contributed by atoms with Gasteiger partial charge in [0.05, 0.1) is 48.5 Å². The third-order valence-electron chi connectivity index (χ3n) is 6.23. The number of aliphatic hydroxyl groups excluding tert-OH is 1. The molecule has 0 amide bonds. The van der Waals surface area contributed by atoms with Crippen LogP contribution in [0.4, 0.5) is 11.6 Å². The molecule has 2 fully saturated rings. The number of benzene rings is 1. The molecule has 5 rings (SSSR count). The fourth-order valence-corrected chi connectivity index (χ4v) is 4.79. The average Bonchev–Trinajstić information content (AvgIpc) is 3.36. The van der Waals surface area contributed by atoms with E-state index in [1.807, 2.05) is 13.0 Å². The SMILES string of the molecule is Cc1[nH]ncc1Nc1ncc2cc(Cl)c(C3CCN([C@H]4COC[C@H]4O)CC3)cc2n1. The predicted molar refractivity (Wildman–Crippen MR) is 115 cm³/mol. The Balaban J connectivity index is 1.35. The minimum atomic E-state index is -0.382. The molecular formula is C21H25ClN6O2. The van der Waals surface area contributed by atoms with Gasteiger partial charge in [-0.15, -0.1) is 0 Å².